The second-order valence-electron chi connectivity index (χ2n) is 23.9. The number of likely N-dealkylation sites (N-methyl/N-ethyl adjacent to an activating group) is 1. The van der Waals surface area contributed by atoms with E-state index in [4.69, 9.17) is 24.9 Å². The van der Waals surface area contributed by atoms with Gasteiger partial charge in [-0.05, 0) is 122 Å². The second kappa shape index (κ2) is 23.2. The number of ether oxygens (including phenoxy) is 3. The number of aromatic hydroxyl groups is 1. The fourth-order valence-corrected chi connectivity index (χ4v) is 13.9. The van der Waals surface area contributed by atoms with Crippen LogP contribution in [0.15, 0.2) is 72.9 Å². The van der Waals surface area contributed by atoms with Gasteiger partial charge in [0, 0.05) is 98.1 Å². The van der Waals surface area contributed by atoms with E-state index >= 15 is 4.79 Å². The Hall–Kier alpha value is -6.82. The number of benzene rings is 3. The number of sulfone groups is 1. The van der Waals surface area contributed by atoms with E-state index in [-0.39, 0.29) is 60.0 Å². The fourth-order valence-electron chi connectivity index (χ4n) is 12.6. The predicted molar refractivity (Wildman–Crippen MR) is 309 cm³/mol. The van der Waals surface area contributed by atoms with Crippen molar-refractivity contribution in [2.75, 3.05) is 64.2 Å². The van der Waals surface area contributed by atoms with E-state index in [1.165, 1.54) is 9.91 Å². The van der Waals surface area contributed by atoms with E-state index in [9.17, 15) is 27.9 Å². The molecule has 7 heterocycles. The van der Waals surface area contributed by atoms with Crippen molar-refractivity contribution in [2.24, 2.45) is 17.3 Å². The number of aryl methyl sites for hydroxylation is 1. The fraction of sp³-hybridized carbons (Fsp3) is 0.500. The van der Waals surface area contributed by atoms with Gasteiger partial charge in [-0.1, -0.05) is 63.8 Å². The zero-order valence-electron chi connectivity index (χ0n) is 47.7. The molecule has 3 aromatic carbocycles. The topological polar surface area (TPSA) is 228 Å². The molecule has 3 amide bonds. The number of aromatic nitrogens is 2. The number of hydrazine groups is 1. The summed E-state index contributed by atoms with van der Waals surface area (Å²) in [6.07, 6.45) is 2.67. The lowest BCUT2D eigenvalue weighted by molar-refractivity contribution is -0.171. The second-order valence-corrected chi connectivity index (χ2v) is 26.2. The molecule has 6 atom stereocenters. The molecule has 430 valence electrons. The first-order chi connectivity index (χ1) is 38.6. The molecular weight excluding hydrogens is 1050 g/mol. The largest absolute Gasteiger partial charge is 0.508 e. The van der Waals surface area contributed by atoms with Crippen molar-refractivity contribution in [3.05, 3.63) is 101 Å². The number of rotatable bonds is 11. The minimum Gasteiger partial charge on any atom is -0.508 e. The molecule has 18 nitrogen and oxygen atoms in total. The number of cyclic esters (lactones) is 1. The number of methoxy groups -OCH3 is 1. The smallest absolute Gasteiger partial charge is 0.325 e. The predicted octanol–water partition coefficient (Wildman–Crippen LogP) is 6.17. The monoisotopic (exact) mass is 1120 g/mol. The van der Waals surface area contributed by atoms with Crippen LogP contribution in [-0.2, 0) is 62.6 Å². The number of fused-ring (bicyclic) bond motifs is 4. The minimum atomic E-state index is -3.04. The Balaban J connectivity index is 1.04. The molecule has 81 heavy (non-hydrogen) atoms. The molecule has 6 aliphatic rings. The van der Waals surface area contributed by atoms with Gasteiger partial charge in [0.25, 0.3) is 11.8 Å². The van der Waals surface area contributed by atoms with Gasteiger partial charge in [0.2, 0.25) is 5.91 Å². The number of carbonyl (C=O) groups is 4. The van der Waals surface area contributed by atoms with Gasteiger partial charge in [-0.2, -0.15) is 0 Å². The molecule has 5 aromatic rings. The van der Waals surface area contributed by atoms with Gasteiger partial charge < -0.3 is 39.8 Å². The maximum Gasteiger partial charge on any atom is 0.325 e. The number of carbonyl (C=O) groups excluding carboxylic acids is 4. The Labute approximate surface area is 474 Å². The highest BCUT2D eigenvalue weighted by Gasteiger charge is 2.52. The number of nitrogens with zero attached hydrogens (tertiary/aromatic N) is 5. The van der Waals surface area contributed by atoms with Crippen LogP contribution in [0.4, 0.5) is 5.69 Å². The van der Waals surface area contributed by atoms with Crippen LogP contribution >= 0.6 is 0 Å². The maximum absolute atomic E-state index is 15.2. The number of nitrogens with one attached hydrogen (secondary N) is 2. The number of phenols is 1. The molecule has 19 heteroatoms. The van der Waals surface area contributed by atoms with Gasteiger partial charge in [0.15, 0.2) is 9.84 Å². The van der Waals surface area contributed by atoms with Crippen LogP contribution in [0.25, 0.3) is 33.3 Å². The summed E-state index contributed by atoms with van der Waals surface area (Å²) < 4.78 is 44.8. The van der Waals surface area contributed by atoms with E-state index in [0.717, 1.165) is 38.9 Å². The third kappa shape index (κ3) is 11.9. The zero-order chi connectivity index (χ0) is 57.7. The van der Waals surface area contributed by atoms with Crippen molar-refractivity contribution in [1.82, 2.24) is 35.1 Å². The lowest BCUT2D eigenvalue weighted by Gasteiger charge is -2.53. The summed E-state index contributed by atoms with van der Waals surface area (Å²) in [4.78, 5) is 67.5. The third-order valence-corrected chi connectivity index (χ3v) is 18.7. The van der Waals surface area contributed by atoms with Gasteiger partial charge >= 0.3 is 5.97 Å². The van der Waals surface area contributed by atoms with Crippen LogP contribution in [0, 0.1) is 29.1 Å². The van der Waals surface area contributed by atoms with Crippen molar-refractivity contribution < 1.29 is 46.9 Å². The van der Waals surface area contributed by atoms with Crippen LogP contribution in [0.1, 0.15) is 101 Å². The maximum atomic E-state index is 15.2. The summed E-state index contributed by atoms with van der Waals surface area (Å²) in [7, 11) is 0.211. The van der Waals surface area contributed by atoms with E-state index in [0.29, 0.717) is 86.5 Å². The molecule has 6 unspecified atom stereocenters. The Morgan fingerprint density at radius 2 is 1.77 bits per heavy atom. The molecule has 5 fully saturated rings. The van der Waals surface area contributed by atoms with Gasteiger partial charge in [0.1, 0.15) is 30.0 Å². The summed E-state index contributed by atoms with van der Waals surface area (Å²) in [6, 6.07) is 17.6. The molecule has 1 aliphatic carbocycles. The molecular formula is C62H76N8O10S. The molecule has 1 saturated carbocycles. The first kappa shape index (κ1) is 57.4. The number of pyridine rings is 1. The number of amides is 3. The highest BCUT2D eigenvalue weighted by molar-refractivity contribution is 7.91. The summed E-state index contributed by atoms with van der Waals surface area (Å²) in [5.41, 5.74) is 17.2. The minimum absolute atomic E-state index is 0.0337. The van der Waals surface area contributed by atoms with Crippen molar-refractivity contribution in [2.45, 2.75) is 122 Å². The molecule has 5 aliphatic heterocycles. The highest BCUT2D eigenvalue weighted by atomic mass is 32.2. The summed E-state index contributed by atoms with van der Waals surface area (Å²) >= 11 is 0. The van der Waals surface area contributed by atoms with Gasteiger partial charge in [-0.25, -0.2) is 13.8 Å². The van der Waals surface area contributed by atoms with E-state index in [2.05, 4.69) is 60.1 Å². The van der Waals surface area contributed by atoms with Crippen molar-refractivity contribution in [1.29, 1.82) is 0 Å². The summed E-state index contributed by atoms with van der Waals surface area (Å²) in [6.45, 7) is 14.2. The SMILES string of the molecule is CCn1c(-c2cc(C#CCN3CCS(=O)(=O)CC3)cnc2C(C)OC)c2c3cc(ccc31)-c1cc(O)cc(c1)CC(NC(=O)C(C(C)C)N(C)C(=O)C1OCCC1c1ccc(N)cc1)C(=O)N1NC(C(=O)OCC(C)(C)C2)C2CC1C2. The molecule has 11 rings (SSSR count). The Morgan fingerprint density at radius 3 is 2.47 bits per heavy atom. The molecule has 2 aromatic heterocycles. The number of anilines is 1. The van der Waals surface area contributed by atoms with E-state index < -0.39 is 63.4 Å². The van der Waals surface area contributed by atoms with Crippen LogP contribution in [0.3, 0.4) is 0 Å². The summed E-state index contributed by atoms with van der Waals surface area (Å²) in [5, 5.41) is 17.1. The highest BCUT2D eigenvalue weighted by Crippen LogP contribution is 2.44. The van der Waals surface area contributed by atoms with Crippen LogP contribution in [0.2, 0.25) is 0 Å². The number of hydrogen-bond donors (Lipinski definition) is 4. The van der Waals surface area contributed by atoms with Crippen molar-refractivity contribution >= 4 is 50.1 Å². The molecule has 8 bridgehead atoms. The van der Waals surface area contributed by atoms with Crippen molar-refractivity contribution in [3.63, 3.8) is 0 Å². The number of phenolic OH excluding ortho intramolecular Hbond substituents is 1. The molecule has 5 N–H and O–H groups in total. The first-order valence-electron chi connectivity index (χ1n) is 28.4. The van der Waals surface area contributed by atoms with Crippen LogP contribution in [0.5, 0.6) is 5.75 Å². The van der Waals surface area contributed by atoms with Crippen molar-refractivity contribution in [3.8, 4) is 40.0 Å². The standard InChI is InChI=1S/C62H76N8O10S/c1-9-69-52-17-14-41-32-48(52)50(56(69)49-27-38(34-64-53(49)37(4)78-8)11-10-19-68-20-23-81(76,77)24-21-68)33-62(5,6)35-80-61(75)54-43-29-45(30-43)70(66-54)59(73)51(28-39-25-42(41)31-46(71)26-39)65-58(72)55(36(2)3)67(7)60(74)57-47(18-22-79-57)40-12-15-44(63)16-13-40/h12-17,25-27,31-32,34,36-37,43,45,47,51,54-55,57,66,71H,9,18-24,28-30,33,35,63H2,1-8H3,(H,65,72). The Kier molecular flexibility index (Phi) is 16.4. The number of esters is 1. The third-order valence-electron chi connectivity index (χ3n) is 17.1. The summed E-state index contributed by atoms with van der Waals surface area (Å²) in [5.74, 6) is 4.25. The van der Waals surface area contributed by atoms with Crippen LogP contribution < -0.4 is 16.5 Å². The molecule has 4 saturated heterocycles. The average molecular weight is 1130 g/mol. The number of hydrogen-bond acceptors (Lipinski definition) is 14. The van der Waals surface area contributed by atoms with Gasteiger partial charge in [0.05, 0.1) is 42.1 Å². The zero-order valence-corrected chi connectivity index (χ0v) is 48.5. The number of nitrogen functional groups attached to an aromatic ring is 1. The molecule has 0 spiro atoms. The number of nitrogens with two attached hydrogens (primary N) is 1. The van der Waals surface area contributed by atoms with Gasteiger partial charge in [-0.3, -0.25) is 34.1 Å². The van der Waals surface area contributed by atoms with E-state index in [1.54, 1.807) is 44.6 Å². The molecule has 0 radical (unpaired) electrons. The lowest BCUT2D eigenvalue weighted by Crippen LogP contribution is -2.72. The van der Waals surface area contributed by atoms with Gasteiger partial charge in [-0.15, -0.1) is 0 Å². The van der Waals surface area contributed by atoms with E-state index in [1.807, 2.05) is 56.0 Å². The Bertz CT molecular complexity index is 3400. The first-order valence-corrected chi connectivity index (χ1v) is 30.2. The quantitative estimate of drug-likeness (QED) is 0.0659. The Morgan fingerprint density at radius 1 is 1.02 bits per heavy atom. The lowest BCUT2D eigenvalue weighted by atomic mass is 9.73. The van der Waals surface area contributed by atoms with Crippen LogP contribution in [-0.4, -0.2) is 150 Å². The normalized spacial score (nSPS) is 24.3. The average Bonchev–Trinajstić information content (AvgIpc) is 3.58.